The highest BCUT2D eigenvalue weighted by atomic mass is 16.6. The van der Waals surface area contributed by atoms with Crippen LogP contribution in [0.4, 0.5) is 0 Å². The van der Waals surface area contributed by atoms with Gasteiger partial charge in [-0.15, -0.1) is 0 Å². The molecule has 2 fully saturated rings. The van der Waals surface area contributed by atoms with E-state index in [1.807, 2.05) is 0 Å². The average molecular weight is 467 g/mol. The molecule has 0 unspecified atom stereocenters. The summed E-state index contributed by atoms with van der Waals surface area (Å²) in [5.74, 6) is -5.31. The fourth-order valence-corrected chi connectivity index (χ4v) is 4.14. The minimum atomic E-state index is -1.84. The molecule has 1 aliphatic heterocycles. The summed E-state index contributed by atoms with van der Waals surface area (Å²) in [4.78, 5) is 50.9. The van der Waals surface area contributed by atoms with Crippen molar-refractivity contribution in [3.63, 3.8) is 0 Å². The average Bonchev–Trinajstić information content (AvgIpc) is 3.01. The van der Waals surface area contributed by atoms with E-state index < -0.39 is 71.5 Å². The molecule has 9 heteroatoms. The summed E-state index contributed by atoms with van der Waals surface area (Å²) in [5, 5.41) is 21.9. The van der Waals surface area contributed by atoms with E-state index in [9.17, 15) is 29.4 Å². The first kappa shape index (κ1) is 26.7. The van der Waals surface area contributed by atoms with Crippen molar-refractivity contribution in [2.45, 2.75) is 84.4 Å². The summed E-state index contributed by atoms with van der Waals surface area (Å²) in [6.45, 7) is 13.0. The third-order valence-electron chi connectivity index (χ3n) is 6.24. The van der Waals surface area contributed by atoms with Crippen LogP contribution in [0.3, 0.4) is 0 Å². The van der Waals surface area contributed by atoms with Gasteiger partial charge in [-0.05, 0) is 27.2 Å². The van der Waals surface area contributed by atoms with E-state index in [-0.39, 0.29) is 24.0 Å². The second-order valence-electron chi connectivity index (χ2n) is 9.48. The monoisotopic (exact) mass is 466 g/mol. The van der Waals surface area contributed by atoms with Gasteiger partial charge in [-0.2, -0.15) is 0 Å². The van der Waals surface area contributed by atoms with E-state index in [0.717, 1.165) is 0 Å². The van der Waals surface area contributed by atoms with Crippen LogP contribution in [0.5, 0.6) is 0 Å². The van der Waals surface area contributed by atoms with Crippen LogP contribution in [0.2, 0.25) is 0 Å². The molecule has 0 aromatic heterocycles. The number of ketones is 1. The highest BCUT2D eigenvalue weighted by Gasteiger charge is 2.57. The number of carbonyl (C=O) groups is 4. The molecule has 0 aromatic rings. The van der Waals surface area contributed by atoms with Crippen LogP contribution < -0.4 is 0 Å². The third-order valence-corrected chi connectivity index (χ3v) is 6.24. The topological polar surface area (TPSA) is 136 Å². The molecule has 1 heterocycles. The zero-order chi connectivity index (χ0) is 25.2. The Labute approximate surface area is 193 Å². The number of aliphatic hydroxyl groups excluding tert-OH is 1. The van der Waals surface area contributed by atoms with Gasteiger partial charge in [0, 0.05) is 23.5 Å². The van der Waals surface area contributed by atoms with Crippen molar-refractivity contribution in [2.75, 3.05) is 0 Å². The highest BCUT2D eigenvalue weighted by Crippen LogP contribution is 2.41. The normalized spacial score (nSPS) is 35.7. The number of carbonyl (C=O) groups excluding carboxylic acids is 4. The van der Waals surface area contributed by atoms with Gasteiger partial charge in [-0.3, -0.25) is 9.59 Å². The first-order chi connectivity index (χ1) is 15.2. The SMILES string of the molecule is C=C1C(=O)O[C@@H]2[C@@H]1[C@H](OC(=O)C(C)C)C(=O)[C@@H](C)C[C@H](O)C[C@](C)(O)[C@H]2OC(=O)/C(C)=C/C. The van der Waals surface area contributed by atoms with Crippen molar-refractivity contribution in [1.82, 2.24) is 0 Å². The fraction of sp³-hybridized carbons (Fsp3) is 0.667. The number of ether oxygens (including phenoxy) is 3. The zero-order valence-electron chi connectivity index (χ0n) is 20.0. The maximum absolute atomic E-state index is 13.3. The molecule has 7 atom stereocenters. The van der Waals surface area contributed by atoms with Gasteiger partial charge in [-0.25, -0.2) is 9.59 Å². The van der Waals surface area contributed by atoms with Crippen LogP contribution in [0.1, 0.15) is 54.4 Å². The number of esters is 3. The molecule has 1 saturated carbocycles. The van der Waals surface area contributed by atoms with E-state index in [1.165, 1.54) is 19.9 Å². The Hall–Kier alpha value is -2.52. The maximum atomic E-state index is 13.3. The number of rotatable bonds is 4. The van der Waals surface area contributed by atoms with Crippen molar-refractivity contribution < 1.29 is 43.6 Å². The summed E-state index contributed by atoms with van der Waals surface area (Å²) in [7, 11) is 0. The summed E-state index contributed by atoms with van der Waals surface area (Å²) in [5.41, 5.74) is -1.72. The van der Waals surface area contributed by atoms with Gasteiger partial charge in [0.2, 0.25) is 0 Å². The first-order valence-electron chi connectivity index (χ1n) is 11.1. The van der Waals surface area contributed by atoms with Crippen LogP contribution in [-0.4, -0.2) is 63.9 Å². The Morgan fingerprint density at radius 3 is 2.42 bits per heavy atom. The third kappa shape index (κ3) is 5.70. The van der Waals surface area contributed by atoms with Crippen LogP contribution in [0.15, 0.2) is 23.8 Å². The van der Waals surface area contributed by atoms with Gasteiger partial charge in [0.1, 0.15) is 5.60 Å². The van der Waals surface area contributed by atoms with E-state index in [0.29, 0.717) is 0 Å². The molecule has 0 spiro atoms. The van der Waals surface area contributed by atoms with Crippen LogP contribution in [0.25, 0.3) is 0 Å². The zero-order valence-corrected chi connectivity index (χ0v) is 20.0. The predicted octanol–water partition coefficient (Wildman–Crippen LogP) is 1.64. The van der Waals surface area contributed by atoms with Gasteiger partial charge in [0.25, 0.3) is 0 Å². The molecule has 0 aromatic carbocycles. The smallest absolute Gasteiger partial charge is 0.334 e. The van der Waals surface area contributed by atoms with Gasteiger partial charge >= 0.3 is 17.9 Å². The van der Waals surface area contributed by atoms with Crippen molar-refractivity contribution in [3.8, 4) is 0 Å². The first-order valence-corrected chi connectivity index (χ1v) is 11.1. The van der Waals surface area contributed by atoms with Crippen LogP contribution >= 0.6 is 0 Å². The number of Topliss-reactive ketones (excluding diaryl/α,β-unsaturated/α-hetero) is 1. The van der Waals surface area contributed by atoms with E-state index in [4.69, 9.17) is 14.2 Å². The molecule has 1 aliphatic carbocycles. The predicted molar refractivity (Wildman–Crippen MR) is 117 cm³/mol. The lowest BCUT2D eigenvalue weighted by Gasteiger charge is -2.41. The summed E-state index contributed by atoms with van der Waals surface area (Å²) in [6, 6.07) is 0. The largest absolute Gasteiger partial charge is 0.454 e. The number of allylic oxidation sites excluding steroid dienone is 1. The molecule has 2 rings (SSSR count). The Morgan fingerprint density at radius 1 is 1.27 bits per heavy atom. The molecular formula is C24H34O9. The van der Waals surface area contributed by atoms with E-state index >= 15 is 0 Å². The molecular weight excluding hydrogens is 432 g/mol. The van der Waals surface area contributed by atoms with Gasteiger partial charge in [0.05, 0.1) is 17.9 Å². The molecule has 184 valence electrons. The Balaban J connectivity index is 2.65. The summed E-state index contributed by atoms with van der Waals surface area (Å²) >= 11 is 0. The van der Waals surface area contributed by atoms with E-state index in [2.05, 4.69) is 6.58 Å². The molecule has 9 nitrogen and oxygen atoms in total. The Bertz CT molecular complexity index is 854. The van der Waals surface area contributed by atoms with Crippen molar-refractivity contribution in [2.24, 2.45) is 17.8 Å². The van der Waals surface area contributed by atoms with Crippen molar-refractivity contribution >= 4 is 23.7 Å². The van der Waals surface area contributed by atoms with Crippen LogP contribution in [0, 0.1) is 17.8 Å². The van der Waals surface area contributed by atoms with Gasteiger partial charge in [-0.1, -0.05) is 33.4 Å². The number of fused-ring (bicyclic) bond motifs is 1. The second kappa shape index (κ2) is 10.2. The lowest BCUT2D eigenvalue weighted by atomic mass is 9.75. The van der Waals surface area contributed by atoms with Crippen molar-refractivity contribution in [3.05, 3.63) is 23.8 Å². The second-order valence-corrected chi connectivity index (χ2v) is 9.48. The fourth-order valence-electron chi connectivity index (χ4n) is 4.14. The Morgan fingerprint density at radius 2 is 1.88 bits per heavy atom. The number of hydrogen-bond acceptors (Lipinski definition) is 9. The van der Waals surface area contributed by atoms with Gasteiger partial charge < -0.3 is 24.4 Å². The van der Waals surface area contributed by atoms with Crippen LogP contribution in [-0.2, 0) is 33.4 Å². The molecule has 0 amide bonds. The standard InChI is InChI=1S/C24H34O9/c1-8-12(4)22(28)33-20-19-16(14(6)23(29)32-19)18(31-21(27)11(2)3)17(26)13(5)9-15(25)10-24(20,7)30/h8,11,13,15-16,18-20,25,30H,6,9-10H2,1-5,7H3/b12-8+/t13-,15-,16-,18-,19+,20-,24-/m0/s1. The highest BCUT2D eigenvalue weighted by molar-refractivity contribution is 5.95. The number of aliphatic hydroxyl groups is 2. The molecule has 2 aliphatic rings. The lowest BCUT2D eigenvalue weighted by Crippen LogP contribution is -2.57. The molecule has 33 heavy (non-hydrogen) atoms. The maximum Gasteiger partial charge on any atom is 0.334 e. The molecule has 0 radical (unpaired) electrons. The van der Waals surface area contributed by atoms with E-state index in [1.54, 1.807) is 27.7 Å². The molecule has 0 bridgehead atoms. The molecule has 1 saturated heterocycles. The van der Waals surface area contributed by atoms with Gasteiger partial charge in [0.15, 0.2) is 24.1 Å². The minimum absolute atomic E-state index is 0.0298. The summed E-state index contributed by atoms with van der Waals surface area (Å²) < 4.78 is 16.5. The minimum Gasteiger partial charge on any atom is -0.454 e. The quantitative estimate of drug-likeness (QED) is 0.360. The van der Waals surface area contributed by atoms with Crippen molar-refractivity contribution in [1.29, 1.82) is 0 Å². The summed E-state index contributed by atoms with van der Waals surface area (Å²) in [6.07, 6.45) is -4.20. The lowest BCUT2D eigenvalue weighted by molar-refractivity contribution is -0.195. The molecule has 2 N–H and O–H groups in total. The Kier molecular flexibility index (Phi) is 8.24. The number of hydrogen-bond donors (Lipinski definition) is 2.